The highest BCUT2D eigenvalue weighted by atomic mass is 32.1. The standard InChI is InChI=1S/C20H22F3N7O3S/c1-12(31)25-19-28-27-17(34-19)7-6-14(21)10-30-11-16(26-29-30)18(32)24-9-13-4-3-5-15(8-13)33-20(2,22)23/h3-5,8,11,14H,6-7,9-10H2,1-2H3,(H,24,32)(H,25,28,31). The zero-order valence-electron chi connectivity index (χ0n) is 18.3. The Kier molecular flexibility index (Phi) is 8.15. The molecule has 0 aliphatic heterocycles. The summed E-state index contributed by atoms with van der Waals surface area (Å²) in [6, 6.07) is 5.94. The van der Waals surface area contributed by atoms with Gasteiger partial charge in [-0.05, 0) is 24.1 Å². The minimum absolute atomic E-state index is 0.0104. The molecule has 0 saturated carbocycles. The van der Waals surface area contributed by atoms with Crippen LogP contribution in [-0.4, -0.2) is 49.3 Å². The number of halogens is 3. The van der Waals surface area contributed by atoms with Gasteiger partial charge in [-0.1, -0.05) is 28.7 Å². The van der Waals surface area contributed by atoms with Crippen LogP contribution < -0.4 is 15.4 Å². The highest BCUT2D eigenvalue weighted by Crippen LogP contribution is 2.22. The maximum Gasteiger partial charge on any atom is 0.394 e. The van der Waals surface area contributed by atoms with Crippen molar-refractivity contribution in [1.82, 2.24) is 30.5 Å². The number of carbonyl (C=O) groups excluding carboxylic acids is 2. The molecule has 3 aromatic rings. The maximum atomic E-state index is 14.4. The highest BCUT2D eigenvalue weighted by Gasteiger charge is 2.23. The second-order valence-corrected chi connectivity index (χ2v) is 8.45. The molecule has 1 unspecified atom stereocenters. The van der Waals surface area contributed by atoms with E-state index in [9.17, 15) is 22.8 Å². The van der Waals surface area contributed by atoms with E-state index in [0.29, 0.717) is 29.0 Å². The van der Waals surface area contributed by atoms with Gasteiger partial charge in [-0.15, -0.1) is 15.3 Å². The first-order valence-corrected chi connectivity index (χ1v) is 11.0. The lowest BCUT2D eigenvalue weighted by Gasteiger charge is -2.13. The number of aromatic nitrogens is 5. The predicted molar refractivity (Wildman–Crippen MR) is 116 cm³/mol. The van der Waals surface area contributed by atoms with Crippen molar-refractivity contribution < 1.29 is 27.5 Å². The van der Waals surface area contributed by atoms with E-state index in [0.717, 1.165) is 0 Å². The van der Waals surface area contributed by atoms with Gasteiger partial charge in [0.2, 0.25) is 11.0 Å². The zero-order valence-corrected chi connectivity index (χ0v) is 19.1. The fourth-order valence-electron chi connectivity index (χ4n) is 2.82. The Morgan fingerprint density at radius 3 is 2.79 bits per heavy atom. The number of nitrogens with zero attached hydrogens (tertiary/aromatic N) is 5. The molecule has 0 aliphatic rings. The van der Waals surface area contributed by atoms with Crippen molar-refractivity contribution in [3.8, 4) is 5.75 Å². The van der Waals surface area contributed by atoms with Crippen LogP contribution in [0, 0.1) is 0 Å². The van der Waals surface area contributed by atoms with Gasteiger partial charge in [0.25, 0.3) is 5.91 Å². The molecule has 0 bridgehead atoms. The highest BCUT2D eigenvalue weighted by molar-refractivity contribution is 7.15. The van der Waals surface area contributed by atoms with Gasteiger partial charge in [0.15, 0.2) is 5.69 Å². The zero-order chi connectivity index (χ0) is 24.7. The minimum atomic E-state index is -3.32. The molecule has 0 spiro atoms. The molecular weight excluding hydrogens is 475 g/mol. The number of amides is 2. The summed E-state index contributed by atoms with van der Waals surface area (Å²) in [4.78, 5) is 23.3. The lowest BCUT2D eigenvalue weighted by molar-refractivity contribution is -0.159. The van der Waals surface area contributed by atoms with Crippen LogP contribution in [0.2, 0.25) is 0 Å². The number of aryl methyl sites for hydroxylation is 1. The average molecular weight is 498 g/mol. The molecule has 1 atom stereocenters. The van der Waals surface area contributed by atoms with Crippen LogP contribution in [0.5, 0.6) is 5.75 Å². The second kappa shape index (κ2) is 11.0. The smallest absolute Gasteiger partial charge is 0.394 e. The molecule has 2 N–H and O–H groups in total. The molecule has 0 fully saturated rings. The summed E-state index contributed by atoms with van der Waals surface area (Å²) in [5.41, 5.74) is 0.536. The van der Waals surface area contributed by atoms with Gasteiger partial charge in [0.05, 0.1) is 12.7 Å². The normalized spacial score (nSPS) is 12.3. The van der Waals surface area contributed by atoms with E-state index in [1.54, 1.807) is 6.07 Å². The Morgan fingerprint density at radius 2 is 2.06 bits per heavy atom. The summed E-state index contributed by atoms with van der Waals surface area (Å²) in [6.07, 6.45) is -2.80. The Morgan fingerprint density at radius 1 is 1.26 bits per heavy atom. The number of alkyl halides is 3. The lowest BCUT2D eigenvalue weighted by Crippen LogP contribution is -2.23. The topological polar surface area (TPSA) is 124 Å². The first kappa shape index (κ1) is 25.1. The lowest BCUT2D eigenvalue weighted by atomic mass is 10.2. The summed E-state index contributed by atoms with van der Waals surface area (Å²) < 4.78 is 46.1. The summed E-state index contributed by atoms with van der Waals surface area (Å²) in [7, 11) is 0. The Hall–Kier alpha value is -3.55. The Balaban J connectivity index is 1.46. The third kappa shape index (κ3) is 8.10. The minimum Gasteiger partial charge on any atom is -0.433 e. The third-order valence-corrected chi connectivity index (χ3v) is 5.12. The molecule has 0 radical (unpaired) electrons. The monoisotopic (exact) mass is 497 g/mol. The fourth-order valence-corrected chi connectivity index (χ4v) is 3.62. The van der Waals surface area contributed by atoms with Crippen molar-refractivity contribution >= 4 is 28.3 Å². The average Bonchev–Trinajstić information content (AvgIpc) is 3.38. The van der Waals surface area contributed by atoms with Gasteiger partial charge >= 0.3 is 6.11 Å². The first-order valence-electron chi connectivity index (χ1n) is 10.2. The SMILES string of the molecule is CC(=O)Nc1nnc(CCC(F)Cn2cc(C(=O)NCc3cccc(OC(C)(F)F)c3)nn2)s1. The van der Waals surface area contributed by atoms with Crippen molar-refractivity contribution in [2.75, 3.05) is 5.32 Å². The summed E-state index contributed by atoms with van der Waals surface area (Å²) in [5, 5.41) is 21.3. The summed E-state index contributed by atoms with van der Waals surface area (Å²) in [5.74, 6) is -0.840. The molecular formula is C20H22F3N7O3S. The molecule has 0 saturated heterocycles. The number of anilines is 1. The van der Waals surface area contributed by atoms with Crippen molar-refractivity contribution in [1.29, 1.82) is 0 Å². The van der Waals surface area contributed by atoms with Crippen LogP contribution in [0.1, 0.15) is 41.3 Å². The first-order chi connectivity index (χ1) is 16.1. The van der Waals surface area contributed by atoms with Crippen molar-refractivity contribution in [3.05, 3.63) is 46.7 Å². The van der Waals surface area contributed by atoms with E-state index in [2.05, 4.69) is 35.9 Å². The predicted octanol–water partition coefficient (Wildman–Crippen LogP) is 2.98. The molecule has 2 heterocycles. The van der Waals surface area contributed by atoms with E-state index < -0.39 is 18.2 Å². The van der Waals surface area contributed by atoms with E-state index in [-0.39, 0.29) is 36.9 Å². The number of ether oxygens (including phenoxy) is 1. The van der Waals surface area contributed by atoms with Gasteiger partial charge in [0, 0.05) is 26.8 Å². The quantitative estimate of drug-likeness (QED) is 0.417. The van der Waals surface area contributed by atoms with E-state index in [1.165, 1.54) is 47.3 Å². The van der Waals surface area contributed by atoms with Crippen LogP contribution in [0.25, 0.3) is 0 Å². The number of hydrogen-bond acceptors (Lipinski definition) is 8. The molecule has 3 rings (SSSR count). The van der Waals surface area contributed by atoms with Gasteiger partial charge in [-0.2, -0.15) is 8.78 Å². The number of carbonyl (C=O) groups is 2. The molecule has 2 amide bonds. The molecule has 2 aromatic heterocycles. The van der Waals surface area contributed by atoms with Gasteiger partial charge in [-0.25, -0.2) is 9.07 Å². The molecule has 182 valence electrons. The summed E-state index contributed by atoms with van der Waals surface area (Å²) >= 11 is 1.17. The second-order valence-electron chi connectivity index (χ2n) is 7.38. The molecule has 10 nitrogen and oxygen atoms in total. The number of hydrogen-bond donors (Lipinski definition) is 2. The third-order valence-electron chi connectivity index (χ3n) is 4.23. The van der Waals surface area contributed by atoms with Gasteiger partial charge < -0.3 is 15.4 Å². The van der Waals surface area contributed by atoms with Crippen LogP contribution in [0.3, 0.4) is 0 Å². The molecule has 14 heteroatoms. The van der Waals surface area contributed by atoms with Crippen LogP contribution in [0.4, 0.5) is 18.3 Å². The van der Waals surface area contributed by atoms with Gasteiger partial charge in [0.1, 0.15) is 16.9 Å². The van der Waals surface area contributed by atoms with E-state index >= 15 is 0 Å². The molecule has 0 aliphatic carbocycles. The van der Waals surface area contributed by atoms with Crippen LogP contribution in [-0.2, 0) is 24.3 Å². The van der Waals surface area contributed by atoms with Crippen molar-refractivity contribution in [2.24, 2.45) is 0 Å². The number of benzene rings is 1. The van der Waals surface area contributed by atoms with Crippen molar-refractivity contribution in [2.45, 2.75) is 52.1 Å². The Bertz CT molecular complexity index is 1130. The maximum absolute atomic E-state index is 14.4. The number of nitrogens with one attached hydrogen (secondary N) is 2. The van der Waals surface area contributed by atoms with Gasteiger partial charge in [-0.3, -0.25) is 9.59 Å². The molecule has 1 aromatic carbocycles. The largest absolute Gasteiger partial charge is 0.433 e. The Labute approximate surface area is 196 Å². The van der Waals surface area contributed by atoms with E-state index in [4.69, 9.17) is 0 Å². The van der Waals surface area contributed by atoms with E-state index in [1.807, 2.05) is 0 Å². The summed E-state index contributed by atoms with van der Waals surface area (Å²) in [6.45, 7) is 1.93. The molecule has 34 heavy (non-hydrogen) atoms. The van der Waals surface area contributed by atoms with Crippen LogP contribution >= 0.6 is 11.3 Å². The fraction of sp³-hybridized carbons (Fsp3) is 0.400. The van der Waals surface area contributed by atoms with Crippen LogP contribution in [0.15, 0.2) is 30.5 Å². The number of rotatable bonds is 11. The van der Waals surface area contributed by atoms with Crippen molar-refractivity contribution in [3.63, 3.8) is 0 Å².